The Balaban J connectivity index is 2.19. The maximum Gasteiger partial charge on any atom is 0.126 e. The van der Waals surface area contributed by atoms with Crippen molar-refractivity contribution in [1.82, 2.24) is 15.0 Å². The second kappa shape index (κ2) is 3.53. The van der Waals surface area contributed by atoms with Crippen LogP contribution in [0, 0.1) is 0 Å². The molecule has 4 nitrogen and oxygen atoms in total. The van der Waals surface area contributed by atoms with Crippen molar-refractivity contribution in [3.05, 3.63) is 36.8 Å². The number of fused-ring (bicyclic) bond motifs is 1. The highest BCUT2D eigenvalue weighted by molar-refractivity contribution is 7.21. The lowest BCUT2D eigenvalue weighted by molar-refractivity contribution is 1.31. The molecule has 3 heterocycles. The van der Waals surface area contributed by atoms with Gasteiger partial charge in [0.1, 0.15) is 16.3 Å². The van der Waals surface area contributed by atoms with Crippen LogP contribution >= 0.6 is 11.3 Å². The van der Waals surface area contributed by atoms with Crippen molar-refractivity contribution >= 4 is 27.4 Å². The summed E-state index contributed by atoms with van der Waals surface area (Å²) >= 11 is 1.59. The number of aromatic nitrogens is 3. The minimum atomic E-state index is 0.522. The highest BCUT2D eigenvalue weighted by atomic mass is 32.1. The molecule has 2 N–H and O–H groups in total. The van der Waals surface area contributed by atoms with E-state index in [-0.39, 0.29) is 0 Å². The summed E-state index contributed by atoms with van der Waals surface area (Å²) in [7, 11) is 0. The second-order valence-corrected chi connectivity index (χ2v) is 4.37. The van der Waals surface area contributed by atoms with Gasteiger partial charge < -0.3 is 5.73 Å². The van der Waals surface area contributed by atoms with Gasteiger partial charge in [-0.2, -0.15) is 0 Å². The Bertz CT molecular complexity index is 633. The van der Waals surface area contributed by atoms with Crippen molar-refractivity contribution < 1.29 is 0 Å². The van der Waals surface area contributed by atoms with Gasteiger partial charge in [0.15, 0.2) is 0 Å². The van der Waals surface area contributed by atoms with Crippen molar-refractivity contribution in [2.45, 2.75) is 0 Å². The number of rotatable bonds is 1. The lowest BCUT2D eigenvalue weighted by Gasteiger charge is -1.91. The number of pyridine rings is 2. The number of nitrogen functional groups attached to an aromatic ring is 1. The summed E-state index contributed by atoms with van der Waals surface area (Å²) in [4.78, 5) is 12.6. The average molecular weight is 228 g/mol. The molecule has 16 heavy (non-hydrogen) atoms. The van der Waals surface area contributed by atoms with E-state index in [1.807, 2.05) is 18.2 Å². The number of hydrogen-bond acceptors (Lipinski definition) is 5. The van der Waals surface area contributed by atoms with Gasteiger partial charge in [0.05, 0.1) is 10.9 Å². The fourth-order valence-corrected chi connectivity index (χ4v) is 2.43. The molecule has 0 aliphatic rings. The van der Waals surface area contributed by atoms with Crippen molar-refractivity contribution in [2.75, 3.05) is 5.73 Å². The summed E-state index contributed by atoms with van der Waals surface area (Å²) in [5.74, 6) is 0.522. The molecule has 3 aromatic rings. The van der Waals surface area contributed by atoms with Crippen molar-refractivity contribution in [2.24, 2.45) is 0 Å². The highest BCUT2D eigenvalue weighted by Gasteiger charge is 2.06. The largest absolute Gasteiger partial charge is 0.384 e. The van der Waals surface area contributed by atoms with Crippen LogP contribution in [0.15, 0.2) is 36.8 Å². The fraction of sp³-hybridized carbons (Fsp3) is 0. The summed E-state index contributed by atoms with van der Waals surface area (Å²) in [6.45, 7) is 0. The van der Waals surface area contributed by atoms with Crippen LogP contribution < -0.4 is 5.73 Å². The van der Waals surface area contributed by atoms with Gasteiger partial charge in [-0.15, -0.1) is 11.3 Å². The Labute approximate surface area is 95.8 Å². The third-order valence-corrected chi connectivity index (χ3v) is 3.27. The molecule has 78 valence electrons. The molecule has 0 saturated heterocycles. The molecule has 0 fully saturated rings. The van der Waals surface area contributed by atoms with Gasteiger partial charge in [-0.05, 0) is 18.2 Å². The quantitative estimate of drug-likeness (QED) is 0.694. The molecule has 0 bridgehead atoms. The Kier molecular flexibility index (Phi) is 2.04. The van der Waals surface area contributed by atoms with E-state index in [1.165, 1.54) is 0 Å². The van der Waals surface area contributed by atoms with E-state index in [0.717, 1.165) is 20.8 Å². The van der Waals surface area contributed by atoms with E-state index in [1.54, 1.807) is 29.9 Å². The smallest absolute Gasteiger partial charge is 0.126 e. The number of nitrogens with two attached hydrogens (primary N) is 1. The maximum absolute atomic E-state index is 5.63. The Hall–Kier alpha value is -2.01. The molecule has 3 rings (SSSR count). The first-order valence-electron chi connectivity index (χ1n) is 4.75. The van der Waals surface area contributed by atoms with Gasteiger partial charge in [-0.25, -0.2) is 9.97 Å². The number of nitrogens with zero attached hydrogens (tertiary/aromatic N) is 3. The van der Waals surface area contributed by atoms with Crippen molar-refractivity contribution in [3.63, 3.8) is 0 Å². The second-order valence-electron chi connectivity index (χ2n) is 3.34. The summed E-state index contributed by atoms with van der Waals surface area (Å²) in [5, 5.41) is 0.940. The Morgan fingerprint density at radius 3 is 3.00 bits per heavy atom. The topological polar surface area (TPSA) is 64.7 Å². The Morgan fingerprint density at radius 1 is 1.25 bits per heavy atom. The molecule has 0 aliphatic heterocycles. The predicted molar refractivity (Wildman–Crippen MR) is 65.1 cm³/mol. The van der Waals surface area contributed by atoms with Crippen LogP contribution in [0.25, 0.3) is 20.8 Å². The molecular weight excluding hydrogens is 220 g/mol. The van der Waals surface area contributed by atoms with E-state index < -0.39 is 0 Å². The van der Waals surface area contributed by atoms with E-state index in [4.69, 9.17) is 5.73 Å². The van der Waals surface area contributed by atoms with E-state index in [9.17, 15) is 0 Å². The highest BCUT2D eigenvalue weighted by Crippen LogP contribution is 2.29. The number of thiazole rings is 1. The van der Waals surface area contributed by atoms with E-state index >= 15 is 0 Å². The predicted octanol–water partition coefficient (Wildman–Crippen LogP) is 2.34. The fourth-order valence-electron chi connectivity index (χ4n) is 1.46. The minimum absolute atomic E-state index is 0.522. The summed E-state index contributed by atoms with van der Waals surface area (Å²) in [6.07, 6.45) is 5.24. The lowest BCUT2D eigenvalue weighted by atomic mass is 10.3. The zero-order valence-electron chi connectivity index (χ0n) is 8.29. The van der Waals surface area contributed by atoms with Crippen LogP contribution in [0.5, 0.6) is 0 Å². The zero-order valence-corrected chi connectivity index (χ0v) is 9.11. The molecule has 0 atom stereocenters. The molecule has 0 unspecified atom stereocenters. The molecule has 0 amide bonds. The van der Waals surface area contributed by atoms with Crippen LogP contribution in [-0.2, 0) is 0 Å². The average Bonchev–Trinajstić information content (AvgIpc) is 2.73. The first-order valence-corrected chi connectivity index (χ1v) is 5.57. The van der Waals surface area contributed by atoms with Gasteiger partial charge in [0, 0.05) is 18.0 Å². The van der Waals surface area contributed by atoms with Crippen LogP contribution in [0.2, 0.25) is 0 Å². The van der Waals surface area contributed by atoms with Gasteiger partial charge in [0.25, 0.3) is 0 Å². The molecule has 0 aromatic carbocycles. The molecular formula is C11H8N4S. The zero-order chi connectivity index (χ0) is 11.0. The summed E-state index contributed by atoms with van der Waals surface area (Å²) < 4.78 is 1.05. The standard InChI is InChI=1S/C11H8N4S/c12-10-4-9-8(6-14-10)15-11(16-9)7-2-1-3-13-5-7/h1-6H,(H2,12,14). The molecule has 3 aromatic heterocycles. The van der Waals surface area contributed by atoms with Crippen LogP contribution in [0.1, 0.15) is 0 Å². The third kappa shape index (κ3) is 1.51. The first-order chi connectivity index (χ1) is 7.83. The van der Waals surface area contributed by atoms with E-state index in [2.05, 4.69) is 15.0 Å². The summed E-state index contributed by atoms with van der Waals surface area (Å²) in [6, 6.07) is 5.72. The van der Waals surface area contributed by atoms with Crippen LogP contribution in [-0.4, -0.2) is 15.0 Å². The monoisotopic (exact) mass is 228 g/mol. The molecule has 0 spiro atoms. The van der Waals surface area contributed by atoms with Crippen molar-refractivity contribution in [3.8, 4) is 10.6 Å². The van der Waals surface area contributed by atoms with Gasteiger partial charge in [-0.3, -0.25) is 4.98 Å². The Morgan fingerprint density at radius 2 is 2.19 bits per heavy atom. The van der Waals surface area contributed by atoms with Crippen LogP contribution in [0.4, 0.5) is 5.82 Å². The normalized spacial score (nSPS) is 10.8. The van der Waals surface area contributed by atoms with Crippen LogP contribution in [0.3, 0.4) is 0 Å². The number of hydrogen-bond donors (Lipinski definition) is 1. The van der Waals surface area contributed by atoms with Gasteiger partial charge in [0.2, 0.25) is 0 Å². The first kappa shape index (κ1) is 9.23. The van der Waals surface area contributed by atoms with Gasteiger partial charge in [-0.1, -0.05) is 0 Å². The minimum Gasteiger partial charge on any atom is -0.384 e. The third-order valence-electron chi connectivity index (χ3n) is 2.20. The van der Waals surface area contributed by atoms with E-state index in [0.29, 0.717) is 5.82 Å². The van der Waals surface area contributed by atoms with Gasteiger partial charge >= 0.3 is 0 Å². The lowest BCUT2D eigenvalue weighted by Crippen LogP contribution is -1.86. The maximum atomic E-state index is 5.63. The van der Waals surface area contributed by atoms with Crippen molar-refractivity contribution in [1.29, 1.82) is 0 Å². The number of anilines is 1. The summed E-state index contributed by atoms with van der Waals surface area (Å²) in [5.41, 5.74) is 7.52. The molecule has 0 saturated carbocycles. The molecule has 5 heteroatoms. The molecule has 0 radical (unpaired) electrons. The SMILES string of the molecule is Nc1cc2sc(-c3cccnc3)nc2cn1. The molecule has 0 aliphatic carbocycles.